The molecule has 126 valence electrons. The zero-order chi connectivity index (χ0) is 18.0. The molecule has 0 saturated carbocycles. The van der Waals surface area contributed by atoms with Gasteiger partial charge < -0.3 is 8.83 Å². The monoisotopic (exact) mass is 346 g/mol. The molecule has 2 nitrogen and oxygen atoms in total. The number of benzene rings is 4. The van der Waals surface area contributed by atoms with Gasteiger partial charge in [-0.15, -0.1) is 0 Å². The molecular weight excluding hydrogens is 331 g/mol. The SMILES string of the molecule is Bc1cccc2oc3ccc(-c4cccc5oc6ccccc6c45)cc3c12. The van der Waals surface area contributed by atoms with Crippen LogP contribution in [0.15, 0.2) is 87.7 Å². The van der Waals surface area contributed by atoms with E-state index in [1.807, 2.05) is 30.3 Å². The van der Waals surface area contributed by atoms with Gasteiger partial charge in [0.1, 0.15) is 30.2 Å². The summed E-state index contributed by atoms with van der Waals surface area (Å²) in [6.07, 6.45) is 0. The fraction of sp³-hybridized carbons (Fsp3) is 0. The van der Waals surface area contributed by atoms with Crippen molar-refractivity contribution >= 4 is 57.2 Å². The second kappa shape index (κ2) is 5.27. The highest BCUT2D eigenvalue weighted by Crippen LogP contribution is 2.38. The number of rotatable bonds is 1. The Balaban J connectivity index is 1.72. The van der Waals surface area contributed by atoms with E-state index in [0.29, 0.717) is 0 Å². The molecule has 0 saturated heterocycles. The van der Waals surface area contributed by atoms with E-state index in [1.54, 1.807) is 0 Å². The molecule has 0 fully saturated rings. The summed E-state index contributed by atoms with van der Waals surface area (Å²) in [5, 5.41) is 4.66. The van der Waals surface area contributed by atoms with Crippen LogP contribution in [0.1, 0.15) is 0 Å². The predicted octanol–water partition coefficient (Wildman–Crippen LogP) is 5.41. The molecule has 6 aromatic rings. The van der Waals surface area contributed by atoms with Gasteiger partial charge in [-0.05, 0) is 41.5 Å². The van der Waals surface area contributed by atoms with Gasteiger partial charge in [0.2, 0.25) is 0 Å². The van der Waals surface area contributed by atoms with Gasteiger partial charge in [0.05, 0.1) is 0 Å². The summed E-state index contributed by atoms with van der Waals surface area (Å²) < 4.78 is 12.1. The number of hydrogen-bond acceptors (Lipinski definition) is 2. The Morgan fingerprint density at radius 1 is 0.556 bits per heavy atom. The van der Waals surface area contributed by atoms with Crippen molar-refractivity contribution in [2.24, 2.45) is 0 Å². The summed E-state index contributed by atoms with van der Waals surface area (Å²) in [5.41, 5.74) is 7.29. The molecule has 0 unspecified atom stereocenters. The van der Waals surface area contributed by atoms with Crippen molar-refractivity contribution in [2.45, 2.75) is 0 Å². The van der Waals surface area contributed by atoms with Crippen LogP contribution in [0.25, 0.3) is 55.0 Å². The van der Waals surface area contributed by atoms with Gasteiger partial charge in [0.25, 0.3) is 0 Å². The second-order valence-electron chi connectivity index (χ2n) is 7.04. The minimum Gasteiger partial charge on any atom is -0.456 e. The van der Waals surface area contributed by atoms with Crippen LogP contribution in [0.5, 0.6) is 0 Å². The summed E-state index contributed by atoms with van der Waals surface area (Å²) in [7, 11) is 2.13. The summed E-state index contributed by atoms with van der Waals surface area (Å²) in [5.74, 6) is 0. The van der Waals surface area contributed by atoms with Gasteiger partial charge >= 0.3 is 0 Å². The lowest BCUT2D eigenvalue weighted by atomic mass is 9.90. The quantitative estimate of drug-likeness (QED) is 0.372. The minimum absolute atomic E-state index is 0.919. The van der Waals surface area contributed by atoms with Crippen LogP contribution in [-0.2, 0) is 0 Å². The Kier molecular flexibility index (Phi) is 2.87. The molecule has 27 heavy (non-hydrogen) atoms. The smallest absolute Gasteiger partial charge is 0.140 e. The lowest BCUT2D eigenvalue weighted by molar-refractivity contribution is 0.669. The van der Waals surface area contributed by atoms with Crippen molar-refractivity contribution in [1.82, 2.24) is 0 Å². The van der Waals surface area contributed by atoms with Crippen LogP contribution in [-0.4, -0.2) is 7.85 Å². The molecule has 4 aromatic carbocycles. The Labute approximate surface area is 156 Å². The van der Waals surface area contributed by atoms with Crippen LogP contribution in [0, 0.1) is 0 Å². The van der Waals surface area contributed by atoms with E-state index in [4.69, 9.17) is 8.83 Å². The fourth-order valence-electron chi connectivity index (χ4n) is 4.19. The van der Waals surface area contributed by atoms with Gasteiger partial charge in [-0.1, -0.05) is 54.0 Å². The predicted molar refractivity (Wildman–Crippen MR) is 115 cm³/mol. The van der Waals surface area contributed by atoms with E-state index in [0.717, 1.165) is 38.5 Å². The molecule has 6 rings (SSSR count). The molecule has 0 aliphatic carbocycles. The molecule has 0 bridgehead atoms. The van der Waals surface area contributed by atoms with E-state index < -0.39 is 0 Å². The van der Waals surface area contributed by atoms with Crippen LogP contribution in [0.3, 0.4) is 0 Å². The Morgan fingerprint density at radius 3 is 2.15 bits per heavy atom. The summed E-state index contributed by atoms with van der Waals surface area (Å²) >= 11 is 0. The van der Waals surface area contributed by atoms with Crippen molar-refractivity contribution in [2.75, 3.05) is 0 Å². The summed E-state index contributed by atoms with van der Waals surface area (Å²) in [4.78, 5) is 0. The second-order valence-corrected chi connectivity index (χ2v) is 7.04. The molecule has 0 radical (unpaired) electrons. The molecule has 0 spiro atoms. The maximum absolute atomic E-state index is 6.06. The Bertz CT molecular complexity index is 1490. The van der Waals surface area contributed by atoms with Crippen molar-refractivity contribution in [3.63, 3.8) is 0 Å². The first-order chi connectivity index (χ1) is 13.3. The standard InChI is InChI=1S/C24H15BO2/c25-18-7-4-10-22-24(18)17-13-14(11-12-20(17)27-22)15-6-3-9-21-23(15)16-5-1-2-8-19(16)26-21/h1-13H,25H2. The molecule has 2 aromatic heterocycles. The van der Waals surface area contributed by atoms with Crippen LogP contribution < -0.4 is 5.46 Å². The maximum atomic E-state index is 6.06. The lowest BCUT2D eigenvalue weighted by Gasteiger charge is -2.04. The van der Waals surface area contributed by atoms with Gasteiger partial charge in [-0.2, -0.15) is 0 Å². The summed E-state index contributed by atoms with van der Waals surface area (Å²) in [6.45, 7) is 0. The molecule has 3 heteroatoms. The van der Waals surface area contributed by atoms with Gasteiger partial charge in [0, 0.05) is 21.5 Å². The maximum Gasteiger partial charge on any atom is 0.140 e. The van der Waals surface area contributed by atoms with Crippen molar-refractivity contribution in [3.05, 3.63) is 78.9 Å². The lowest BCUT2D eigenvalue weighted by Crippen LogP contribution is -2.01. The van der Waals surface area contributed by atoms with Crippen LogP contribution >= 0.6 is 0 Å². The van der Waals surface area contributed by atoms with E-state index in [9.17, 15) is 0 Å². The van der Waals surface area contributed by atoms with Crippen molar-refractivity contribution in [1.29, 1.82) is 0 Å². The van der Waals surface area contributed by atoms with E-state index in [1.165, 1.54) is 22.0 Å². The zero-order valence-corrected chi connectivity index (χ0v) is 14.8. The highest BCUT2D eigenvalue weighted by Gasteiger charge is 2.14. The molecular formula is C24H15BO2. The normalized spacial score (nSPS) is 11.9. The van der Waals surface area contributed by atoms with E-state index >= 15 is 0 Å². The number of fused-ring (bicyclic) bond motifs is 6. The zero-order valence-electron chi connectivity index (χ0n) is 14.8. The van der Waals surface area contributed by atoms with Crippen molar-refractivity contribution < 1.29 is 8.83 Å². The van der Waals surface area contributed by atoms with Gasteiger partial charge in [0.15, 0.2) is 0 Å². The molecule has 0 N–H and O–H groups in total. The average molecular weight is 346 g/mol. The molecule has 0 amide bonds. The third kappa shape index (κ3) is 2.03. The van der Waals surface area contributed by atoms with Crippen LogP contribution in [0.4, 0.5) is 0 Å². The topological polar surface area (TPSA) is 26.3 Å². The largest absolute Gasteiger partial charge is 0.456 e. The molecule has 0 atom stereocenters. The Morgan fingerprint density at radius 2 is 1.26 bits per heavy atom. The van der Waals surface area contributed by atoms with Crippen molar-refractivity contribution in [3.8, 4) is 11.1 Å². The van der Waals surface area contributed by atoms with Gasteiger partial charge in [-0.25, -0.2) is 0 Å². The summed E-state index contributed by atoms with van der Waals surface area (Å²) in [6, 6.07) is 27.1. The molecule has 2 heterocycles. The number of furan rings is 2. The third-order valence-electron chi connectivity index (χ3n) is 5.42. The highest BCUT2D eigenvalue weighted by atomic mass is 16.3. The minimum atomic E-state index is 0.919. The van der Waals surface area contributed by atoms with Gasteiger partial charge in [-0.3, -0.25) is 0 Å². The molecule has 0 aliphatic rings. The van der Waals surface area contributed by atoms with E-state index in [-0.39, 0.29) is 0 Å². The van der Waals surface area contributed by atoms with Crippen LogP contribution in [0.2, 0.25) is 0 Å². The Hall–Kier alpha value is -3.46. The third-order valence-corrected chi connectivity index (χ3v) is 5.42. The molecule has 0 aliphatic heterocycles. The average Bonchev–Trinajstić information content (AvgIpc) is 3.26. The first-order valence-corrected chi connectivity index (χ1v) is 9.12. The first kappa shape index (κ1) is 14.7. The van der Waals surface area contributed by atoms with E-state index in [2.05, 4.69) is 56.4 Å². The number of para-hydroxylation sites is 1. The fourth-order valence-corrected chi connectivity index (χ4v) is 4.19. The highest BCUT2D eigenvalue weighted by molar-refractivity contribution is 6.41. The number of hydrogen-bond donors (Lipinski definition) is 0. The first-order valence-electron chi connectivity index (χ1n) is 9.12.